The third-order valence-electron chi connectivity index (χ3n) is 3.41. The highest BCUT2D eigenvalue weighted by Gasteiger charge is 2.12. The Balaban J connectivity index is 1.96. The van der Waals surface area contributed by atoms with Crippen LogP contribution in [0.2, 0.25) is 10.0 Å². The van der Waals surface area contributed by atoms with Crippen LogP contribution in [-0.4, -0.2) is 31.5 Å². The summed E-state index contributed by atoms with van der Waals surface area (Å²) in [7, 11) is 3.36. The molecule has 2 rings (SSSR count). The van der Waals surface area contributed by atoms with E-state index in [0.717, 1.165) is 11.3 Å². The van der Waals surface area contributed by atoms with Crippen LogP contribution in [0.5, 0.6) is 5.75 Å². The molecule has 0 aliphatic heterocycles. The SMILES string of the molecule is COc1ccccc1CN(C)C(=O)CNc1cccc(Cl)c1Cl. The summed E-state index contributed by atoms with van der Waals surface area (Å²) in [6.07, 6.45) is 0. The highest BCUT2D eigenvalue weighted by molar-refractivity contribution is 6.43. The predicted octanol–water partition coefficient (Wildman–Crippen LogP) is 4.07. The second-order valence-corrected chi connectivity index (χ2v) is 5.80. The summed E-state index contributed by atoms with van der Waals surface area (Å²) in [6, 6.07) is 12.9. The van der Waals surface area contributed by atoms with E-state index in [0.29, 0.717) is 22.3 Å². The number of para-hydroxylation sites is 1. The molecule has 0 radical (unpaired) electrons. The van der Waals surface area contributed by atoms with Gasteiger partial charge >= 0.3 is 0 Å². The van der Waals surface area contributed by atoms with Crippen LogP contribution in [0, 0.1) is 0 Å². The molecule has 0 atom stereocenters. The van der Waals surface area contributed by atoms with Crippen molar-refractivity contribution in [2.75, 3.05) is 26.0 Å². The molecule has 1 N–H and O–H groups in total. The van der Waals surface area contributed by atoms with Crippen molar-refractivity contribution in [1.82, 2.24) is 4.90 Å². The average molecular weight is 353 g/mol. The van der Waals surface area contributed by atoms with E-state index in [4.69, 9.17) is 27.9 Å². The number of carbonyl (C=O) groups is 1. The summed E-state index contributed by atoms with van der Waals surface area (Å²) in [5.74, 6) is 0.699. The summed E-state index contributed by atoms with van der Waals surface area (Å²) in [6.45, 7) is 0.597. The van der Waals surface area contributed by atoms with Crippen molar-refractivity contribution in [1.29, 1.82) is 0 Å². The third-order valence-corrected chi connectivity index (χ3v) is 4.23. The van der Waals surface area contributed by atoms with E-state index in [2.05, 4.69) is 5.32 Å². The van der Waals surface area contributed by atoms with Crippen LogP contribution in [0.3, 0.4) is 0 Å². The summed E-state index contributed by atoms with van der Waals surface area (Å²) < 4.78 is 5.30. The number of likely N-dealkylation sites (N-methyl/N-ethyl adjacent to an activating group) is 1. The van der Waals surface area contributed by atoms with E-state index in [-0.39, 0.29) is 12.5 Å². The number of amides is 1. The Morgan fingerprint density at radius 2 is 1.91 bits per heavy atom. The quantitative estimate of drug-likeness (QED) is 0.851. The minimum Gasteiger partial charge on any atom is -0.496 e. The van der Waals surface area contributed by atoms with Crippen LogP contribution in [0.25, 0.3) is 0 Å². The number of nitrogens with zero attached hydrogens (tertiary/aromatic N) is 1. The number of nitrogens with one attached hydrogen (secondary N) is 1. The lowest BCUT2D eigenvalue weighted by atomic mass is 10.2. The number of carbonyl (C=O) groups excluding carboxylic acids is 1. The summed E-state index contributed by atoms with van der Waals surface area (Å²) in [5.41, 5.74) is 1.59. The van der Waals surface area contributed by atoms with Gasteiger partial charge in [0.25, 0.3) is 0 Å². The van der Waals surface area contributed by atoms with Gasteiger partial charge in [0.15, 0.2) is 0 Å². The van der Waals surface area contributed by atoms with Crippen LogP contribution >= 0.6 is 23.2 Å². The molecule has 0 bridgehead atoms. The second-order valence-electron chi connectivity index (χ2n) is 5.02. The molecule has 0 unspecified atom stereocenters. The number of hydrogen-bond acceptors (Lipinski definition) is 3. The normalized spacial score (nSPS) is 10.3. The highest BCUT2D eigenvalue weighted by Crippen LogP contribution is 2.29. The van der Waals surface area contributed by atoms with Crippen molar-refractivity contribution in [3.63, 3.8) is 0 Å². The Labute approximate surface area is 146 Å². The molecule has 0 fully saturated rings. The van der Waals surface area contributed by atoms with Crippen LogP contribution < -0.4 is 10.1 Å². The Morgan fingerprint density at radius 1 is 1.17 bits per heavy atom. The molecule has 0 heterocycles. The smallest absolute Gasteiger partial charge is 0.241 e. The second kappa shape index (κ2) is 8.09. The number of benzene rings is 2. The van der Waals surface area contributed by atoms with E-state index in [1.54, 1.807) is 37.3 Å². The number of anilines is 1. The number of halogens is 2. The van der Waals surface area contributed by atoms with Crippen molar-refractivity contribution in [2.24, 2.45) is 0 Å². The first-order valence-electron chi connectivity index (χ1n) is 7.06. The first-order chi connectivity index (χ1) is 11.0. The van der Waals surface area contributed by atoms with E-state index < -0.39 is 0 Å². The van der Waals surface area contributed by atoms with Gasteiger partial charge in [-0.25, -0.2) is 0 Å². The highest BCUT2D eigenvalue weighted by atomic mass is 35.5. The van der Waals surface area contributed by atoms with Crippen molar-refractivity contribution in [2.45, 2.75) is 6.54 Å². The number of methoxy groups -OCH3 is 1. The van der Waals surface area contributed by atoms with Gasteiger partial charge in [-0.1, -0.05) is 47.5 Å². The van der Waals surface area contributed by atoms with Crippen molar-refractivity contribution >= 4 is 34.8 Å². The molecular weight excluding hydrogens is 335 g/mol. The fourth-order valence-electron chi connectivity index (χ4n) is 2.12. The number of hydrogen-bond donors (Lipinski definition) is 1. The van der Waals surface area contributed by atoms with E-state index in [1.807, 2.05) is 24.3 Å². The van der Waals surface area contributed by atoms with Gasteiger partial charge in [0.1, 0.15) is 5.75 Å². The van der Waals surface area contributed by atoms with Gasteiger partial charge in [0.05, 0.1) is 29.4 Å². The summed E-state index contributed by atoms with van der Waals surface area (Å²) in [4.78, 5) is 13.9. The van der Waals surface area contributed by atoms with Crippen LogP contribution in [-0.2, 0) is 11.3 Å². The van der Waals surface area contributed by atoms with Gasteiger partial charge in [0, 0.05) is 19.2 Å². The molecule has 4 nitrogen and oxygen atoms in total. The Morgan fingerprint density at radius 3 is 2.65 bits per heavy atom. The maximum atomic E-state index is 12.3. The first kappa shape index (κ1) is 17.4. The maximum absolute atomic E-state index is 12.3. The monoisotopic (exact) mass is 352 g/mol. The van der Waals surface area contributed by atoms with Crippen LogP contribution in [0.1, 0.15) is 5.56 Å². The van der Waals surface area contributed by atoms with Gasteiger partial charge in [-0.15, -0.1) is 0 Å². The maximum Gasteiger partial charge on any atom is 0.241 e. The predicted molar refractivity (Wildman–Crippen MR) is 94.4 cm³/mol. The molecule has 6 heteroatoms. The lowest BCUT2D eigenvalue weighted by Crippen LogP contribution is -2.31. The fourth-order valence-corrected chi connectivity index (χ4v) is 2.49. The Hall–Kier alpha value is -1.91. The molecule has 0 spiro atoms. The largest absolute Gasteiger partial charge is 0.496 e. The summed E-state index contributed by atoms with van der Waals surface area (Å²) >= 11 is 12.0. The molecule has 0 saturated carbocycles. The molecule has 0 aliphatic carbocycles. The lowest BCUT2D eigenvalue weighted by molar-refractivity contribution is -0.128. The lowest BCUT2D eigenvalue weighted by Gasteiger charge is -2.19. The van der Waals surface area contributed by atoms with Gasteiger partial charge in [-0.3, -0.25) is 4.79 Å². The zero-order chi connectivity index (χ0) is 16.8. The van der Waals surface area contributed by atoms with E-state index in [9.17, 15) is 4.79 Å². The molecule has 2 aromatic carbocycles. The Kier molecular flexibility index (Phi) is 6.13. The minimum atomic E-state index is -0.0630. The molecule has 23 heavy (non-hydrogen) atoms. The van der Waals surface area contributed by atoms with Gasteiger partial charge in [0.2, 0.25) is 5.91 Å². The molecule has 0 aromatic heterocycles. The first-order valence-corrected chi connectivity index (χ1v) is 7.82. The van der Waals surface area contributed by atoms with Gasteiger partial charge in [-0.05, 0) is 18.2 Å². The molecule has 2 aromatic rings. The Bertz CT molecular complexity index is 692. The van der Waals surface area contributed by atoms with Crippen LogP contribution in [0.4, 0.5) is 5.69 Å². The topological polar surface area (TPSA) is 41.6 Å². The van der Waals surface area contributed by atoms with Crippen molar-refractivity contribution in [3.8, 4) is 5.75 Å². The average Bonchev–Trinajstić information content (AvgIpc) is 2.56. The van der Waals surface area contributed by atoms with Gasteiger partial charge in [-0.2, -0.15) is 0 Å². The fraction of sp³-hybridized carbons (Fsp3) is 0.235. The van der Waals surface area contributed by atoms with E-state index in [1.165, 1.54) is 0 Å². The minimum absolute atomic E-state index is 0.0630. The third kappa shape index (κ3) is 4.53. The zero-order valence-corrected chi connectivity index (χ0v) is 14.5. The summed E-state index contributed by atoms with van der Waals surface area (Å²) in [5, 5.41) is 3.87. The molecule has 0 saturated heterocycles. The zero-order valence-electron chi connectivity index (χ0n) is 13.0. The van der Waals surface area contributed by atoms with Crippen molar-refractivity contribution in [3.05, 3.63) is 58.1 Å². The van der Waals surface area contributed by atoms with Crippen LogP contribution in [0.15, 0.2) is 42.5 Å². The van der Waals surface area contributed by atoms with Crippen molar-refractivity contribution < 1.29 is 9.53 Å². The molecular formula is C17H18Cl2N2O2. The van der Waals surface area contributed by atoms with Gasteiger partial charge < -0.3 is 15.0 Å². The standard InChI is InChI=1S/C17H18Cl2N2O2/c1-21(11-12-6-3-4-9-15(12)23-2)16(22)10-20-14-8-5-7-13(18)17(14)19/h3-9,20H,10-11H2,1-2H3. The molecule has 122 valence electrons. The van der Waals surface area contributed by atoms with E-state index >= 15 is 0 Å². The number of ether oxygens (including phenoxy) is 1. The molecule has 0 aliphatic rings. The number of rotatable bonds is 6. The molecule has 1 amide bonds.